The Bertz CT molecular complexity index is 404. The van der Waals surface area contributed by atoms with E-state index in [2.05, 4.69) is 28.2 Å². The van der Waals surface area contributed by atoms with Crippen molar-refractivity contribution < 1.29 is 4.79 Å². The van der Waals surface area contributed by atoms with E-state index in [9.17, 15) is 4.79 Å². The molecule has 0 radical (unpaired) electrons. The summed E-state index contributed by atoms with van der Waals surface area (Å²) in [5.41, 5.74) is 1.78. The Morgan fingerprint density at radius 3 is 2.58 bits per heavy atom. The highest BCUT2D eigenvalue weighted by Crippen LogP contribution is 2.15. The summed E-state index contributed by atoms with van der Waals surface area (Å²) in [5.74, 6) is 0.0346. The predicted molar refractivity (Wildman–Crippen MR) is 84.6 cm³/mol. The number of hydrogen-bond donors (Lipinski definition) is 1. The molecule has 0 bridgehead atoms. The molecule has 0 atom stereocenters. The number of benzene rings is 1. The van der Waals surface area contributed by atoms with Gasteiger partial charge in [0.1, 0.15) is 0 Å². The Labute approximate surface area is 125 Å². The van der Waals surface area contributed by atoms with Gasteiger partial charge in [-0.1, -0.05) is 61.0 Å². The summed E-state index contributed by atoms with van der Waals surface area (Å²) in [6.45, 7) is 4.96. The number of amides is 1. The SMILES string of the molecule is CCCCCCCCNC(=O)c1cc(Br)ccc1C. The number of nitrogens with one attached hydrogen (secondary N) is 1. The van der Waals surface area contributed by atoms with E-state index in [1.165, 1.54) is 32.1 Å². The van der Waals surface area contributed by atoms with Crippen LogP contribution >= 0.6 is 15.9 Å². The number of carbonyl (C=O) groups excluding carboxylic acids is 1. The van der Waals surface area contributed by atoms with Crippen LogP contribution in [-0.4, -0.2) is 12.5 Å². The first kappa shape index (κ1) is 16.2. The monoisotopic (exact) mass is 325 g/mol. The average molecular weight is 326 g/mol. The molecule has 1 amide bonds. The van der Waals surface area contributed by atoms with Crippen molar-refractivity contribution in [2.24, 2.45) is 0 Å². The molecular formula is C16H24BrNO. The van der Waals surface area contributed by atoms with Crippen LogP contribution in [0.2, 0.25) is 0 Å². The topological polar surface area (TPSA) is 29.1 Å². The van der Waals surface area contributed by atoms with E-state index in [0.717, 1.165) is 28.6 Å². The molecule has 2 nitrogen and oxygen atoms in total. The van der Waals surface area contributed by atoms with E-state index < -0.39 is 0 Å². The van der Waals surface area contributed by atoms with Crippen LogP contribution in [0.3, 0.4) is 0 Å². The summed E-state index contributed by atoms with van der Waals surface area (Å²) < 4.78 is 0.947. The highest BCUT2D eigenvalue weighted by molar-refractivity contribution is 9.10. The fraction of sp³-hybridized carbons (Fsp3) is 0.562. The van der Waals surface area contributed by atoms with Gasteiger partial charge in [0.15, 0.2) is 0 Å². The van der Waals surface area contributed by atoms with Crippen LogP contribution in [-0.2, 0) is 0 Å². The summed E-state index contributed by atoms with van der Waals surface area (Å²) in [4.78, 5) is 12.0. The Balaban J connectivity index is 2.26. The summed E-state index contributed by atoms with van der Waals surface area (Å²) in [5, 5.41) is 3.00. The molecule has 1 aromatic rings. The second kappa shape index (κ2) is 9.13. The molecule has 0 heterocycles. The van der Waals surface area contributed by atoms with E-state index in [-0.39, 0.29) is 5.91 Å². The van der Waals surface area contributed by atoms with Crippen molar-refractivity contribution in [3.05, 3.63) is 33.8 Å². The van der Waals surface area contributed by atoms with Crippen molar-refractivity contribution in [2.45, 2.75) is 52.4 Å². The predicted octanol–water partition coefficient (Wildman–Crippen LogP) is 4.85. The molecule has 1 rings (SSSR count). The molecule has 106 valence electrons. The normalized spacial score (nSPS) is 10.5. The molecule has 0 unspecified atom stereocenters. The van der Waals surface area contributed by atoms with Gasteiger partial charge < -0.3 is 5.32 Å². The molecule has 19 heavy (non-hydrogen) atoms. The molecule has 0 aliphatic heterocycles. The molecule has 1 N–H and O–H groups in total. The number of rotatable bonds is 8. The van der Waals surface area contributed by atoms with Crippen LogP contribution in [0.1, 0.15) is 61.4 Å². The average Bonchev–Trinajstić information content (AvgIpc) is 2.40. The van der Waals surface area contributed by atoms with Gasteiger partial charge in [-0.05, 0) is 31.0 Å². The first-order chi connectivity index (χ1) is 9.15. The van der Waals surface area contributed by atoms with Crippen LogP contribution in [0.4, 0.5) is 0 Å². The van der Waals surface area contributed by atoms with Crippen molar-refractivity contribution in [3.63, 3.8) is 0 Å². The second-order valence-electron chi connectivity index (χ2n) is 4.98. The molecule has 0 aromatic heterocycles. The van der Waals surface area contributed by atoms with Crippen LogP contribution < -0.4 is 5.32 Å². The number of halogens is 1. The van der Waals surface area contributed by atoms with Gasteiger partial charge in [-0.3, -0.25) is 4.79 Å². The zero-order valence-electron chi connectivity index (χ0n) is 12.0. The highest BCUT2D eigenvalue weighted by Gasteiger charge is 2.08. The van der Waals surface area contributed by atoms with Gasteiger partial charge in [0.2, 0.25) is 0 Å². The third-order valence-corrected chi connectivity index (χ3v) is 3.75. The number of carbonyl (C=O) groups is 1. The van der Waals surface area contributed by atoms with Gasteiger partial charge in [0, 0.05) is 16.6 Å². The Morgan fingerprint density at radius 2 is 1.84 bits per heavy atom. The zero-order valence-corrected chi connectivity index (χ0v) is 13.6. The molecule has 1 aromatic carbocycles. The minimum absolute atomic E-state index is 0.0346. The van der Waals surface area contributed by atoms with Crippen molar-refractivity contribution in [1.29, 1.82) is 0 Å². The molecule has 3 heteroatoms. The fourth-order valence-corrected chi connectivity index (χ4v) is 2.40. The first-order valence-corrected chi connectivity index (χ1v) is 7.98. The molecule has 0 fully saturated rings. The largest absolute Gasteiger partial charge is 0.352 e. The lowest BCUT2D eigenvalue weighted by atomic mass is 10.1. The molecular weight excluding hydrogens is 302 g/mol. The van der Waals surface area contributed by atoms with Crippen molar-refractivity contribution in [1.82, 2.24) is 5.32 Å². The fourth-order valence-electron chi connectivity index (χ4n) is 2.04. The van der Waals surface area contributed by atoms with E-state index in [0.29, 0.717) is 0 Å². The Kier molecular flexibility index (Phi) is 7.80. The molecule has 0 saturated carbocycles. The first-order valence-electron chi connectivity index (χ1n) is 7.19. The minimum atomic E-state index is 0.0346. The zero-order chi connectivity index (χ0) is 14.1. The van der Waals surface area contributed by atoms with E-state index in [1.807, 2.05) is 25.1 Å². The molecule has 0 saturated heterocycles. The van der Waals surface area contributed by atoms with E-state index >= 15 is 0 Å². The van der Waals surface area contributed by atoms with Crippen molar-refractivity contribution in [2.75, 3.05) is 6.54 Å². The van der Waals surface area contributed by atoms with E-state index in [4.69, 9.17) is 0 Å². The maximum atomic E-state index is 12.0. The molecule has 0 spiro atoms. The van der Waals surface area contributed by atoms with Gasteiger partial charge in [-0.25, -0.2) is 0 Å². The van der Waals surface area contributed by atoms with Crippen LogP contribution in [0.15, 0.2) is 22.7 Å². The maximum Gasteiger partial charge on any atom is 0.251 e. The van der Waals surface area contributed by atoms with Gasteiger partial charge in [-0.15, -0.1) is 0 Å². The maximum absolute atomic E-state index is 12.0. The Hall–Kier alpha value is -0.830. The van der Waals surface area contributed by atoms with Gasteiger partial charge in [-0.2, -0.15) is 0 Å². The van der Waals surface area contributed by atoms with Crippen LogP contribution in [0, 0.1) is 6.92 Å². The summed E-state index contributed by atoms with van der Waals surface area (Å²) >= 11 is 3.40. The van der Waals surface area contributed by atoms with Crippen molar-refractivity contribution >= 4 is 21.8 Å². The number of aryl methyl sites for hydroxylation is 1. The minimum Gasteiger partial charge on any atom is -0.352 e. The standard InChI is InChI=1S/C16H24BrNO/c1-3-4-5-6-7-8-11-18-16(19)15-12-14(17)10-9-13(15)2/h9-10,12H,3-8,11H2,1-2H3,(H,18,19). The summed E-state index contributed by atoms with van der Waals surface area (Å²) in [7, 11) is 0. The lowest BCUT2D eigenvalue weighted by Gasteiger charge is -2.08. The Morgan fingerprint density at radius 1 is 1.16 bits per heavy atom. The second-order valence-corrected chi connectivity index (χ2v) is 5.90. The third kappa shape index (κ3) is 6.24. The van der Waals surface area contributed by atoms with Gasteiger partial charge in [0.05, 0.1) is 0 Å². The smallest absolute Gasteiger partial charge is 0.251 e. The summed E-state index contributed by atoms with van der Waals surface area (Å²) in [6, 6.07) is 5.80. The number of hydrogen-bond acceptors (Lipinski definition) is 1. The third-order valence-electron chi connectivity index (χ3n) is 3.26. The lowest BCUT2D eigenvalue weighted by Crippen LogP contribution is -2.25. The van der Waals surface area contributed by atoms with Crippen LogP contribution in [0.5, 0.6) is 0 Å². The van der Waals surface area contributed by atoms with Crippen molar-refractivity contribution in [3.8, 4) is 0 Å². The highest BCUT2D eigenvalue weighted by atomic mass is 79.9. The van der Waals surface area contributed by atoms with Gasteiger partial charge in [0.25, 0.3) is 5.91 Å². The van der Waals surface area contributed by atoms with Gasteiger partial charge >= 0.3 is 0 Å². The molecule has 0 aliphatic carbocycles. The lowest BCUT2D eigenvalue weighted by molar-refractivity contribution is 0.0952. The van der Waals surface area contributed by atoms with Crippen LogP contribution in [0.25, 0.3) is 0 Å². The van der Waals surface area contributed by atoms with E-state index in [1.54, 1.807) is 0 Å². The number of unbranched alkanes of at least 4 members (excludes halogenated alkanes) is 5. The quantitative estimate of drug-likeness (QED) is 0.680. The summed E-state index contributed by atoms with van der Waals surface area (Å²) in [6.07, 6.45) is 7.47. The molecule has 0 aliphatic rings.